The molecule has 2 heterocycles. The van der Waals surface area contributed by atoms with Crippen molar-refractivity contribution in [3.8, 4) is 0 Å². The number of carboxylic acids is 1. The van der Waals surface area contributed by atoms with Gasteiger partial charge >= 0.3 is 5.97 Å². The standard InChI is InChI=1S/C16H18N2O2S/c1-2-5-13-14(15(19)20)21-16(17-13)18-9-8-11-6-3-4-7-12(11)10-18/h3-4,6-7H,2,5,8-10H2,1H3,(H,19,20). The molecule has 5 heteroatoms. The van der Waals surface area contributed by atoms with Gasteiger partial charge in [-0.2, -0.15) is 0 Å². The quantitative estimate of drug-likeness (QED) is 0.941. The zero-order valence-electron chi connectivity index (χ0n) is 12.0. The minimum absolute atomic E-state index is 0.394. The summed E-state index contributed by atoms with van der Waals surface area (Å²) in [4.78, 5) is 18.5. The van der Waals surface area contributed by atoms with Gasteiger partial charge in [0.25, 0.3) is 0 Å². The minimum Gasteiger partial charge on any atom is -0.477 e. The van der Waals surface area contributed by atoms with Gasteiger partial charge < -0.3 is 10.0 Å². The molecule has 4 nitrogen and oxygen atoms in total. The number of aryl methyl sites for hydroxylation is 1. The Bertz CT molecular complexity index is 666. The largest absolute Gasteiger partial charge is 0.477 e. The Kier molecular flexibility index (Phi) is 3.92. The molecule has 0 atom stereocenters. The van der Waals surface area contributed by atoms with Gasteiger partial charge in [-0.15, -0.1) is 0 Å². The van der Waals surface area contributed by atoms with Gasteiger partial charge in [0.2, 0.25) is 0 Å². The smallest absolute Gasteiger partial charge is 0.347 e. The predicted octanol–water partition coefficient (Wildman–Crippen LogP) is 3.36. The Morgan fingerprint density at radius 2 is 2.14 bits per heavy atom. The molecule has 0 fully saturated rings. The van der Waals surface area contributed by atoms with Crippen LogP contribution in [0.5, 0.6) is 0 Å². The van der Waals surface area contributed by atoms with Crippen LogP contribution in [-0.2, 0) is 19.4 Å². The van der Waals surface area contributed by atoms with E-state index < -0.39 is 5.97 Å². The second kappa shape index (κ2) is 5.85. The molecular formula is C16H18N2O2S. The average Bonchev–Trinajstić information content (AvgIpc) is 2.91. The molecule has 1 aromatic heterocycles. The second-order valence-electron chi connectivity index (χ2n) is 5.27. The third-order valence-electron chi connectivity index (χ3n) is 3.77. The van der Waals surface area contributed by atoms with Crippen molar-refractivity contribution >= 4 is 22.4 Å². The summed E-state index contributed by atoms with van der Waals surface area (Å²) in [6.45, 7) is 3.76. The van der Waals surface area contributed by atoms with Crippen molar-refractivity contribution in [1.29, 1.82) is 0 Å². The third kappa shape index (κ3) is 2.78. The maximum Gasteiger partial charge on any atom is 0.347 e. The summed E-state index contributed by atoms with van der Waals surface area (Å²) in [6, 6.07) is 8.43. The molecule has 3 rings (SSSR count). The molecule has 1 aromatic carbocycles. The first-order chi connectivity index (χ1) is 10.2. The Hall–Kier alpha value is -1.88. The number of hydrogen-bond donors (Lipinski definition) is 1. The van der Waals surface area contributed by atoms with Gasteiger partial charge in [0.05, 0.1) is 5.69 Å². The predicted molar refractivity (Wildman–Crippen MR) is 84.3 cm³/mol. The third-order valence-corrected chi connectivity index (χ3v) is 4.91. The Labute approximate surface area is 128 Å². The fourth-order valence-electron chi connectivity index (χ4n) is 2.71. The first kappa shape index (κ1) is 14.1. The molecule has 0 bridgehead atoms. The number of aromatic carboxylic acids is 1. The lowest BCUT2D eigenvalue weighted by molar-refractivity contribution is 0.0700. The Morgan fingerprint density at radius 3 is 2.86 bits per heavy atom. The molecule has 2 aromatic rings. The molecule has 0 saturated heterocycles. The number of hydrogen-bond acceptors (Lipinski definition) is 4. The van der Waals surface area contributed by atoms with Crippen molar-refractivity contribution < 1.29 is 9.90 Å². The number of carboxylic acid groups (broad SMARTS) is 1. The van der Waals surface area contributed by atoms with E-state index in [0.717, 1.165) is 43.2 Å². The van der Waals surface area contributed by atoms with Gasteiger partial charge in [0, 0.05) is 13.1 Å². The maximum atomic E-state index is 11.3. The number of fused-ring (bicyclic) bond motifs is 1. The summed E-state index contributed by atoms with van der Waals surface area (Å²) < 4.78 is 0. The molecule has 1 N–H and O–H groups in total. The van der Waals surface area contributed by atoms with Gasteiger partial charge in [-0.05, 0) is 24.0 Å². The zero-order valence-corrected chi connectivity index (χ0v) is 12.8. The topological polar surface area (TPSA) is 53.4 Å². The van der Waals surface area contributed by atoms with Crippen LogP contribution in [0.15, 0.2) is 24.3 Å². The van der Waals surface area contributed by atoms with Crippen LogP contribution in [0.2, 0.25) is 0 Å². The zero-order chi connectivity index (χ0) is 14.8. The van der Waals surface area contributed by atoms with Crippen LogP contribution in [0.3, 0.4) is 0 Å². The number of thiazole rings is 1. The highest BCUT2D eigenvalue weighted by Crippen LogP contribution is 2.31. The highest BCUT2D eigenvalue weighted by Gasteiger charge is 2.23. The number of anilines is 1. The number of rotatable bonds is 4. The van der Waals surface area contributed by atoms with E-state index in [-0.39, 0.29) is 0 Å². The van der Waals surface area contributed by atoms with Crippen LogP contribution in [0.4, 0.5) is 5.13 Å². The normalized spacial score (nSPS) is 14.0. The molecule has 0 amide bonds. The fourth-order valence-corrected chi connectivity index (χ4v) is 3.68. The highest BCUT2D eigenvalue weighted by molar-refractivity contribution is 7.17. The van der Waals surface area contributed by atoms with Crippen LogP contribution in [-0.4, -0.2) is 22.6 Å². The second-order valence-corrected chi connectivity index (χ2v) is 6.25. The number of benzene rings is 1. The number of carbonyl (C=O) groups is 1. The molecule has 0 aliphatic carbocycles. The summed E-state index contributed by atoms with van der Waals surface area (Å²) in [5.74, 6) is -0.861. The van der Waals surface area contributed by atoms with Crippen molar-refractivity contribution in [3.05, 3.63) is 46.0 Å². The van der Waals surface area contributed by atoms with Crippen molar-refractivity contribution in [1.82, 2.24) is 4.98 Å². The molecule has 1 aliphatic rings. The first-order valence-electron chi connectivity index (χ1n) is 7.23. The van der Waals surface area contributed by atoms with Gasteiger partial charge in [0.1, 0.15) is 4.88 Å². The number of nitrogens with zero attached hydrogens (tertiary/aromatic N) is 2. The van der Waals surface area contributed by atoms with E-state index >= 15 is 0 Å². The van der Waals surface area contributed by atoms with Crippen molar-refractivity contribution in [2.75, 3.05) is 11.4 Å². The molecule has 0 radical (unpaired) electrons. The lowest BCUT2D eigenvalue weighted by Crippen LogP contribution is -2.30. The van der Waals surface area contributed by atoms with Crippen molar-refractivity contribution in [3.63, 3.8) is 0 Å². The van der Waals surface area contributed by atoms with E-state index in [1.807, 2.05) is 6.92 Å². The number of aromatic nitrogens is 1. The summed E-state index contributed by atoms with van der Waals surface area (Å²) in [6.07, 6.45) is 2.62. The summed E-state index contributed by atoms with van der Waals surface area (Å²) in [7, 11) is 0. The van der Waals surface area contributed by atoms with E-state index in [4.69, 9.17) is 0 Å². The van der Waals surface area contributed by atoms with E-state index in [2.05, 4.69) is 34.1 Å². The van der Waals surface area contributed by atoms with Gasteiger partial charge in [-0.3, -0.25) is 0 Å². The van der Waals surface area contributed by atoms with Crippen molar-refractivity contribution in [2.45, 2.75) is 32.7 Å². The summed E-state index contributed by atoms with van der Waals surface area (Å²) in [5, 5.41) is 10.2. The highest BCUT2D eigenvalue weighted by atomic mass is 32.1. The molecular weight excluding hydrogens is 284 g/mol. The van der Waals surface area contributed by atoms with Gasteiger partial charge in [-0.1, -0.05) is 48.9 Å². The van der Waals surface area contributed by atoms with Crippen LogP contribution in [0, 0.1) is 0 Å². The molecule has 0 saturated carbocycles. The first-order valence-corrected chi connectivity index (χ1v) is 8.05. The molecule has 21 heavy (non-hydrogen) atoms. The molecule has 0 unspecified atom stereocenters. The van der Waals surface area contributed by atoms with E-state index in [1.54, 1.807) is 0 Å². The summed E-state index contributed by atoms with van der Waals surface area (Å²) in [5.41, 5.74) is 3.43. The Morgan fingerprint density at radius 1 is 1.38 bits per heavy atom. The summed E-state index contributed by atoms with van der Waals surface area (Å²) >= 11 is 1.30. The maximum absolute atomic E-state index is 11.3. The Balaban J connectivity index is 1.88. The minimum atomic E-state index is -0.861. The lowest BCUT2D eigenvalue weighted by atomic mass is 10.0. The van der Waals surface area contributed by atoms with Crippen LogP contribution in [0.1, 0.15) is 39.8 Å². The van der Waals surface area contributed by atoms with E-state index in [9.17, 15) is 9.90 Å². The van der Waals surface area contributed by atoms with E-state index in [1.165, 1.54) is 22.5 Å². The lowest BCUT2D eigenvalue weighted by Gasteiger charge is -2.28. The van der Waals surface area contributed by atoms with Crippen LogP contribution < -0.4 is 4.90 Å². The van der Waals surface area contributed by atoms with Crippen LogP contribution in [0.25, 0.3) is 0 Å². The SMILES string of the molecule is CCCc1nc(N2CCc3ccccc3C2)sc1C(=O)O. The molecule has 110 valence electrons. The van der Waals surface area contributed by atoms with Gasteiger partial charge in [-0.25, -0.2) is 9.78 Å². The molecule has 0 spiro atoms. The molecule has 1 aliphatic heterocycles. The van der Waals surface area contributed by atoms with Gasteiger partial charge in [0.15, 0.2) is 5.13 Å². The van der Waals surface area contributed by atoms with Crippen molar-refractivity contribution in [2.24, 2.45) is 0 Å². The fraction of sp³-hybridized carbons (Fsp3) is 0.375. The van der Waals surface area contributed by atoms with Crippen LogP contribution >= 0.6 is 11.3 Å². The average molecular weight is 302 g/mol. The van der Waals surface area contributed by atoms with E-state index in [0.29, 0.717) is 4.88 Å². The monoisotopic (exact) mass is 302 g/mol.